The summed E-state index contributed by atoms with van der Waals surface area (Å²) in [4.78, 5) is 6.81. The largest absolute Gasteiger partial charge is 0.394 e. The van der Waals surface area contributed by atoms with E-state index in [1.165, 1.54) is 5.69 Å². The first-order chi connectivity index (χ1) is 11.2. The number of piperidine rings is 1. The topological polar surface area (TPSA) is 80.2 Å². The Kier molecular flexibility index (Phi) is 5.07. The van der Waals surface area contributed by atoms with Gasteiger partial charge in [0.15, 0.2) is 5.82 Å². The first-order valence-electron chi connectivity index (χ1n) is 8.34. The second-order valence-corrected chi connectivity index (χ2v) is 6.45. The van der Waals surface area contributed by atoms with E-state index in [1.54, 1.807) is 0 Å². The zero-order valence-corrected chi connectivity index (χ0v) is 13.9. The second-order valence-electron chi connectivity index (χ2n) is 6.45. The SMILES string of the molecule is CC(C)c1noc(CN2CCC(c3ccnn3CCO)CC2)n1. The fourth-order valence-electron chi connectivity index (χ4n) is 3.12. The molecule has 0 unspecified atom stereocenters. The Morgan fingerprint density at radius 1 is 1.35 bits per heavy atom. The van der Waals surface area contributed by atoms with Crippen molar-refractivity contribution in [1.29, 1.82) is 0 Å². The molecule has 0 aromatic carbocycles. The zero-order chi connectivity index (χ0) is 16.2. The van der Waals surface area contributed by atoms with Crippen LogP contribution in [0.5, 0.6) is 0 Å². The monoisotopic (exact) mass is 319 g/mol. The normalized spacial score (nSPS) is 17.2. The summed E-state index contributed by atoms with van der Waals surface area (Å²) in [6, 6.07) is 2.07. The highest BCUT2D eigenvalue weighted by molar-refractivity contribution is 5.09. The van der Waals surface area contributed by atoms with Crippen LogP contribution in [0.2, 0.25) is 0 Å². The van der Waals surface area contributed by atoms with Gasteiger partial charge < -0.3 is 9.63 Å². The Morgan fingerprint density at radius 2 is 2.13 bits per heavy atom. The lowest BCUT2D eigenvalue weighted by molar-refractivity contribution is 0.177. The van der Waals surface area contributed by atoms with Crippen molar-refractivity contribution in [1.82, 2.24) is 24.8 Å². The molecule has 3 rings (SSSR count). The van der Waals surface area contributed by atoms with E-state index in [0.29, 0.717) is 24.3 Å². The number of hydrogen-bond acceptors (Lipinski definition) is 6. The average molecular weight is 319 g/mol. The van der Waals surface area contributed by atoms with Crippen LogP contribution >= 0.6 is 0 Å². The summed E-state index contributed by atoms with van der Waals surface area (Å²) < 4.78 is 7.26. The summed E-state index contributed by atoms with van der Waals surface area (Å²) >= 11 is 0. The lowest BCUT2D eigenvalue weighted by Crippen LogP contribution is -2.33. The van der Waals surface area contributed by atoms with Crippen LogP contribution in [0.4, 0.5) is 0 Å². The van der Waals surface area contributed by atoms with Crippen molar-refractivity contribution >= 4 is 0 Å². The van der Waals surface area contributed by atoms with Crippen molar-refractivity contribution in [3.8, 4) is 0 Å². The number of rotatable bonds is 6. The molecule has 0 amide bonds. The molecule has 0 spiro atoms. The van der Waals surface area contributed by atoms with Crippen LogP contribution < -0.4 is 0 Å². The van der Waals surface area contributed by atoms with E-state index in [4.69, 9.17) is 9.63 Å². The van der Waals surface area contributed by atoms with Crippen LogP contribution in [-0.2, 0) is 13.1 Å². The van der Waals surface area contributed by atoms with Gasteiger partial charge in [0.2, 0.25) is 5.89 Å². The summed E-state index contributed by atoms with van der Waals surface area (Å²) in [6.45, 7) is 7.57. The Morgan fingerprint density at radius 3 is 2.78 bits per heavy atom. The number of aliphatic hydroxyl groups excluding tert-OH is 1. The maximum Gasteiger partial charge on any atom is 0.240 e. The molecule has 1 saturated heterocycles. The standard InChI is InChI=1S/C16H25N5O2/c1-12(2)16-18-15(23-19-16)11-20-7-4-13(5-8-20)14-3-6-17-21(14)9-10-22/h3,6,12-13,22H,4-5,7-11H2,1-2H3. The molecule has 0 radical (unpaired) electrons. The molecule has 0 saturated carbocycles. The van der Waals surface area contributed by atoms with Gasteiger partial charge in [-0.3, -0.25) is 9.58 Å². The Hall–Kier alpha value is -1.73. The fraction of sp³-hybridized carbons (Fsp3) is 0.688. The molecule has 23 heavy (non-hydrogen) atoms. The number of aliphatic hydroxyl groups is 1. The van der Waals surface area contributed by atoms with Gasteiger partial charge in [-0.1, -0.05) is 19.0 Å². The molecular weight excluding hydrogens is 294 g/mol. The van der Waals surface area contributed by atoms with E-state index in [1.807, 2.05) is 10.9 Å². The molecule has 1 fully saturated rings. The first kappa shape index (κ1) is 16.1. The van der Waals surface area contributed by atoms with E-state index < -0.39 is 0 Å². The predicted molar refractivity (Wildman–Crippen MR) is 85.0 cm³/mol. The molecule has 3 heterocycles. The number of nitrogens with zero attached hydrogens (tertiary/aromatic N) is 5. The lowest BCUT2D eigenvalue weighted by atomic mass is 9.93. The number of aromatic nitrogens is 4. The second kappa shape index (κ2) is 7.23. The van der Waals surface area contributed by atoms with E-state index >= 15 is 0 Å². The molecule has 1 aliphatic rings. The molecule has 2 aromatic heterocycles. The quantitative estimate of drug-likeness (QED) is 0.874. The molecule has 1 N–H and O–H groups in total. The molecule has 126 valence electrons. The summed E-state index contributed by atoms with van der Waals surface area (Å²) in [5.41, 5.74) is 1.23. The van der Waals surface area contributed by atoms with Crippen molar-refractivity contribution < 1.29 is 9.63 Å². The van der Waals surface area contributed by atoms with Crippen molar-refractivity contribution in [2.45, 2.75) is 51.6 Å². The zero-order valence-electron chi connectivity index (χ0n) is 13.9. The Balaban J connectivity index is 1.54. The van der Waals surface area contributed by atoms with Crippen molar-refractivity contribution in [3.63, 3.8) is 0 Å². The van der Waals surface area contributed by atoms with Crippen LogP contribution in [0.15, 0.2) is 16.8 Å². The predicted octanol–water partition coefficient (Wildman–Crippen LogP) is 1.76. The van der Waals surface area contributed by atoms with Gasteiger partial charge in [-0.05, 0) is 32.0 Å². The van der Waals surface area contributed by atoms with E-state index in [9.17, 15) is 0 Å². The molecular formula is C16H25N5O2. The van der Waals surface area contributed by atoms with E-state index in [-0.39, 0.29) is 6.61 Å². The van der Waals surface area contributed by atoms with Gasteiger partial charge in [0.1, 0.15) is 0 Å². The highest BCUT2D eigenvalue weighted by Crippen LogP contribution is 2.28. The maximum absolute atomic E-state index is 9.12. The third-order valence-electron chi connectivity index (χ3n) is 4.43. The average Bonchev–Trinajstić information content (AvgIpc) is 3.18. The minimum Gasteiger partial charge on any atom is -0.394 e. The number of likely N-dealkylation sites (tertiary alicyclic amines) is 1. The molecule has 0 aliphatic carbocycles. The fourth-order valence-corrected chi connectivity index (χ4v) is 3.12. The smallest absolute Gasteiger partial charge is 0.240 e. The molecule has 2 aromatic rings. The molecule has 0 atom stereocenters. The molecule has 1 aliphatic heterocycles. The van der Waals surface area contributed by atoms with Gasteiger partial charge in [-0.15, -0.1) is 0 Å². The molecule has 0 bridgehead atoms. The Labute approximate surface area is 136 Å². The van der Waals surface area contributed by atoms with E-state index in [0.717, 1.165) is 38.3 Å². The summed E-state index contributed by atoms with van der Waals surface area (Å²) in [5, 5.41) is 17.4. The van der Waals surface area contributed by atoms with Crippen molar-refractivity contribution in [2.75, 3.05) is 19.7 Å². The Bertz CT molecular complexity index is 614. The van der Waals surface area contributed by atoms with Crippen molar-refractivity contribution in [3.05, 3.63) is 29.7 Å². The summed E-state index contributed by atoms with van der Waals surface area (Å²) in [5.74, 6) is 2.29. The summed E-state index contributed by atoms with van der Waals surface area (Å²) in [6.07, 6.45) is 3.99. The van der Waals surface area contributed by atoms with Crippen molar-refractivity contribution in [2.24, 2.45) is 0 Å². The molecule has 7 heteroatoms. The summed E-state index contributed by atoms with van der Waals surface area (Å²) in [7, 11) is 0. The van der Waals surface area contributed by atoms with Gasteiger partial charge >= 0.3 is 0 Å². The highest BCUT2D eigenvalue weighted by Gasteiger charge is 2.24. The highest BCUT2D eigenvalue weighted by atomic mass is 16.5. The van der Waals surface area contributed by atoms with Gasteiger partial charge in [-0.25, -0.2) is 0 Å². The van der Waals surface area contributed by atoms with Crippen LogP contribution in [0.3, 0.4) is 0 Å². The third-order valence-corrected chi connectivity index (χ3v) is 4.43. The van der Waals surface area contributed by atoms with Gasteiger partial charge in [-0.2, -0.15) is 10.1 Å². The van der Waals surface area contributed by atoms with Gasteiger partial charge in [0.25, 0.3) is 0 Å². The first-order valence-corrected chi connectivity index (χ1v) is 8.34. The number of hydrogen-bond donors (Lipinski definition) is 1. The van der Waals surface area contributed by atoms with Crippen LogP contribution in [0.25, 0.3) is 0 Å². The minimum atomic E-state index is 0.128. The van der Waals surface area contributed by atoms with Gasteiger partial charge in [0.05, 0.1) is 19.7 Å². The van der Waals surface area contributed by atoms with Crippen LogP contribution in [0, 0.1) is 0 Å². The van der Waals surface area contributed by atoms with Crippen LogP contribution in [-0.4, -0.2) is 49.6 Å². The van der Waals surface area contributed by atoms with Gasteiger partial charge in [0, 0.05) is 23.7 Å². The maximum atomic E-state index is 9.12. The minimum absolute atomic E-state index is 0.128. The van der Waals surface area contributed by atoms with E-state index in [2.05, 4.69) is 40.1 Å². The van der Waals surface area contributed by atoms with Crippen LogP contribution in [0.1, 0.15) is 55.9 Å². The molecule has 7 nitrogen and oxygen atoms in total. The third kappa shape index (κ3) is 3.79. The lowest BCUT2D eigenvalue weighted by Gasteiger charge is -2.31.